The Morgan fingerprint density at radius 2 is 1.79 bits per heavy atom. The van der Waals surface area contributed by atoms with Gasteiger partial charge >= 0.3 is 17.9 Å². The van der Waals surface area contributed by atoms with E-state index in [1.165, 1.54) is 5.57 Å². The third-order valence-electron chi connectivity index (χ3n) is 6.74. The number of esters is 1. The number of hydrogen-bond acceptors (Lipinski definition) is 3. The SMILES string of the molecule is O=C(OC1(C(F)(F)C(=O)O)CCCCC1)C12CC=C3C(C[C@@H]3C1)C2. The first-order valence-corrected chi connectivity index (χ1v) is 8.84. The van der Waals surface area contributed by atoms with Gasteiger partial charge in [-0.3, -0.25) is 4.79 Å². The van der Waals surface area contributed by atoms with Crippen LogP contribution < -0.4 is 0 Å². The average molecular weight is 340 g/mol. The molecular formula is C18H22F2O4. The Hall–Kier alpha value is -1.46. The lowest BCUT2D eigenvalue weighted by Gasteiger charge is -2.57. The quantitative estimate of drug-likeness (QED) is 0.626. The predicted molar refractivity (Wildman–Crippen MR) is 80.5 cm³/mol. The van der Waals surface area contributed by atoms with Crippen molar-refractivity contribution < 1.29 is 28.2 Å². The highest BCUT2D eigenvalue weighted by Crippen LogP contribution is 2.63. The van der Waals surface area contributed by atoms with Crippen LogP contribution in [0.15, 0.2) is 11.6 Å². The second kappa shape index (κ2) is 5.02. The summed E-state index contributed by atoms with van der Waals surface area (Å²) in [5, 5.41) is 9.01. The number of carbonyl (C=O) groups is 2. The van der Waals surface area contributed by atoms with E-state index in [1.54, 1.807) is 0 Å². The maximum absolute atomic E-state index is 14.5. The summed E-state index contributed by atoms with van der Waals surface area (Å²) in [6.07, 6.45) is 6.55. The second-order valence-corrected chi connectivity index (χ2v) is 8.05. The predicted octanol–water partition coefficient (Wildman–Crippen LogP) is 3.70. The molecule has 0 aromatic heterocycles. The zero-order valence-corrected chi connectivity index (χ0v) is 13.5. The summed E-state index contributed by atoms with van der Waals surface area (Å²) in [5.74, 6) is -6.06. The maximum atomic E-state index is 14.5. The van der Waals surface area contributed by atoms with Crippen molar-refractivity contribution in [3.05, 3.63) is 11.6 Å². The lowest BCUT2D eigenvalue weighted by molar-refractivity contribution is -0.238. The first-order valence-electron chi connectivity index (χ1n) is 8.84. The Balaban J connectivity index is 1.60. The van der Waals surface area contributed by atoms with Crippen molar-refractivity contribution in [1.29, 1.82) is 0 Å². The average Bonchev–Trinajstić information content (AvgIpc) is 2.55. The van der Waals surface area contributed by atoms with Crippen LogP contribution in [0.5, 0.6) is 0 Å². The Morgan fingerprint density at radius 1 is 1.17 bits per heavy atom. The van der Waals surface area contributed by atoms with Gasteiger partial charge in [0.1, 0.15) is 0 Å². The molecule has 24 heavy (non-hydrogen) atoms. The minimum absolute atomic E-state index is 0.0813. The number of rotatable bonds is 4. The van der Waals surface area contributed by atoms with E-state index in [4.69, 9.17) is 9.84 Å². The molecule has 0 radical (unpaired) electrons. The summed E-state index contributed by atoms with van der Waals surface area (Å²) in [7, 11) is 0. The van der Waals surface area contributed by atoms with Gasteiger partial charge in [-0.2, -0.15) is 8.78 Å². The molecule has 4 nitrogen and oxygen atoms in total. The highest BCUT2D eigenvalue weighted by Gasteiger charge is 2.65. The number of carboxylic acids is 1. The van der Waals surface area contributed by atoms with E-state index in [1.807, 2.05) is 0 Å². The molecule has 6 aliphatic rings. The summed E-state index contributed by atoms with van der Waals surface area (Å²) in [5.41, 5.74) is -1.48. The number of halogens is 2. The van der Waals surface area contributed by atoms with Crippen molar-refractivity contribution in [3.8, 4) is 0 Å². The van der Waals surface area contributed by atoms with E-state index in [9.17, 15) is 18.4 Å². The fraction of sp³-hybridized carbons (Fsp3) is 0.778. The van der Waals surface area contributed by atoms with E-state index < -0.39 is 28.9 Å². The fourth-order valence-corrected chi connectivity index (χ4v) is 5.36. The molecule has 4 bridgehead atoms. The number of ether oxygens (including phenoxy) is 1. The summed E-state index contributed by atoms with van der Waals surface area (Å²) in [4.78, 5) is 24.1. The standard InChI is InChI=1S/C18H22F2O4/c19-18(20,14(21)22)17(5-2-1-3-6-17)24-15(23)16-7-4-13-11(9-16)8-12(13)10-16/h4,11-12H,1-3,5-10H2,(H,21,22)/t11-,12?,16?/m1/s1. The van der Waals surface area contributed by atoms with Crippen molar-refractivity contribution in [2.45, 2.75) is 69.3 Å². The number of fused-ring (bicyclic) bond motifs is 1. The van der Waals surface area contributed by atoms with Crippen LogP contribution >= 0.6 is 0 Å². The minimum atomic E-state index is -4.05. The largest absolute Gasteiger partial charge is 0.477 e. The first-order chi connectivity index (χ1) is 11.3. The van der Waals surface area contributed by atoms with E-state index >= 15 is 0 Å². The van der Waals surface area contributed by atoms with Crippen LogP contribution in [0.3, 0.4) is 0 Å². The highest BCUT2D eigenvalue weighted by atomic mass is 19.3. The van der Waals surface area contributed by atoms with E-state index in [2.05, 4.69) is 6.08 Å². The van der Waals surface area contributed by atoms with Crippen LogP contribution in [0, 0.1) is 17.3 Å². The third kappa shape index (κ3) is 2.01. The number of alkyl halides is 2. The third-order valence-corrected chi connectivity index (χ3v) is 6.74. The Bertz CT molecular complexity index is 605. The number of aliphatic carboxylic acids is 1. The molecule has 0 amide bonds. The fourth-order valence-electron chi connectivity index (χ4n) is 5.36. The zero-order chi connectivity index (χ0) is 17.2. The van der Waals surface area contributed by atoms with Crippen molar-refractivity contribution in [3.63, 3.8) is 0 Å². The monoisotopic (exact) mass is 340 g/mol. The summed E-state index contributed by atoms with van der Waals surface area (Å²) in [6, 6.07) is 0. The van der Waals surface area contributed by atoms with Crippen LogP contribution in [0.4, 0.5) is 8.78 Å². The van der Waals surface area contributed by atoms with Crippen LogP contribution in [-0.2, 0) is 14.3 Å². The van der Waals surface area contributed by atoms with Gasteiger partial charge in [0.25, 0.3) is 0 Å². The number of allylic oxidation sites excluding steroid dienone is 2. The van der Waals surface area contributed by atoms with Crippen LogP contribution in [0.1, 0.15) is 57.8 Å². The molecule has 3 atom stereocenters. The molecule has 0 heterocycles. The van der Waals surface area contributed by atoms with Crippen LogP contribution in [0.2, 0.25) is 0 Å². The van der Waals surface area contributed by atoms with E-state index in [-0.39, 0.29) is 12.8 Å². The van der Waals surface area contributed by atoms with Gasteiger partial charge in [0.2, 0.25) is 0 Å². The summed E-state index contributed by atoms with van der Waals surface area (Å²) >= 11 is 0. The number of carbonyl (C=O) groups excluding carboxylic acids is 1. The minimum Gasteiger partial charge on any atom is -0.477 e. The molecule has 1 N–H and O–H groups in total. The second-order valence-electron chi connectivity index (χ2n) is 8.05. The Morgan fingerprint density at radius 3 is 2.33 bits per heavy atom. The van der Waals surface area contributed by atoms with Gasteiger partial charge in [0, 0.05) is 0 Å². The van der Waals surface area contributed by atoms with Crippen molar-refractivity contribution in [2.75, 3.05) is 0 Å². The molecule has 4 saturated carbocycles. The van der Waals surface area contributed by atoms with Gasteiger partial charge in [-0.15, -0.1) is 0 Å². The van der Waals surface area contributed by atoms with Crippen molar-refractivity contribution in [2.24, 2.45) is 17.3 Å². The topological polar surface area (TPSA) is 63.6 Å². The number of carboxylic acid groups (broad SMARTS) is 1. The summed E-state index contributed by atoms with van der Waals surface area (Å²) in [6.45, 7) is 0. The lowest BCUT2D eigenvalue weighted by atomic mass is 9.48. The molecule has 2 unspecified atom stereocenters. The lowest BCUT2D eigenvalue weighted by Crippen LogP contribution is -2.60. The Kier molecular flexibility index (Phi) is 3.35. The Labute approximate surface area is 139 Å². The molecule has 0 spiro atoms. The first kappa shape index (κ1) is 16.0. The van der Waals surface area contributed by atoms with Gasteiger partial charge in [-0.1, -0.05) is 18.1 Å². The molecule has 6 heteroatoms. The van der Waals surface area contributed by atoms with Gasteiger partial charge in [0.05, 0.1) is 5.41 Å². The molecule has 6 rings (SSSR count). The van der Waals surface area contributed by atoms with E-state index in [0.717, 1.165) is 12.8 Å². The number of hydrogen-bond donors (Lipinski definition) is 1. The van der Waals surface area contributed by atoms with Crippen LogP contribution in [-0.4, -0.2) is 28.6 Å². The van der Waals surface area contributed by atoms with Crippen molar-refractivity contribution in [1.82, 2.24) is 0 Å². The maximum Gasteiger partial charge on any atom is 0.381 e. The molecule has 6 aliphatic carbocycles. The van der Waals surface area contributed by atoms with Gasteiger partial charge in [-0.25, -0.2) is 4.79 Å². The molecular weight excluding hydrogens is 318 g/mol. The molecule has 0 saturated heterocycles. The van der Waals surface area contributed by atoms with Gasteiger partial charge in [-0.05, 0) is 63.2 Å². The van der Waals surface area contributed by atoms with E-state index in [0.29, 0.717) is 43.9 Å². The molecule has 0 aromatic carbocycles. The molecule has 0 aromatic rings. The highest BCUT2D eigenvalue weighted by molar-refractivity contribution is 5.82. The van der Waals surface area contributed by atoms with Gasteiger partial charge < -0.3 is 9.84 Å². The summed E-state index contributed by atoms with van der Waals surface area (Å²) < 4.78 is 34.3. The normalized spacial score (nSPS) is 36.5. The zero-order valence-electron chi connectivity index (χ0n) is 13.5. The molecule has 4 fully saturated rings. The smallest absolute Gasteiger partial charge is 0.381 e. The molecule has 132 valence electrons. The van der Waals surface area contributed by atoms with Gasteiger partial charge in [0.15, 0.2) is 5.60 Å². The van der Waals surface area contributed by atoms with Crippen LogP contribution in [0.25, 0.3) is 0 Å². The molecule has 0 aliphatic heterocycles. The van der Waals surface area contributed by atoms with Crippen molar-refractivity contribution >= 4 is 11.9 Å².